The number of halogens is 1. The molecular weight excluding hydrogens is 257 g/mol. The van der Waals surface area contributed by atoms with Crippen molar-refractivity contribution < 1.29 is 13.9 Å². The fraction of sp³-hybridized carbons (Fsp3) is 0.500. The number of hydrogen-bond donors (Lipinski definition) is 0. The number of nitrogens with zero attached hydrogens (tertiary/aromatic N) is 1. The Balaban J connectivity index is 2.26. The van der Waals surface area contributed by atoms with E-state index < -0.39 is 5.92 Å². The zero-order valence-corrected chi connectivity index (χ0v) is 11.8. The van der Waals surface area contributed by atoms with Crippen LogP contribution in [0.15, 0.2) is 24.3 Å². The summed E-state index contributed by atoms with van der Waals surface area (Å²) in [6.07, 6.45) is -0.185. The Hall–Kier alpha value is -1.73. The lowest BCUT2D eigenvalue weighted by Crippen LogP contribution is -2.30. The van der Waals surface area contributed by atoms with Gasteiger partial charge in [-0.25, -0.2) is 4.39 Å². The number of ether oxygens (including phenoxy) is 1. The summed E-state index contributed by atoms with van der Waals surface area (Å²) in [5, 5.41) is 9.31. The van der Waals surface area contributed by atoms with Crippen LogP contribution < -0.4 is 0 Å². The summed E-state index contributed by atoms with van der Waals surface area (Å²) >= 11 is 0. The molecule has 0 N–H and O–H groups in total. The monoisotopic (exact) mass is 275 g/mol. The molecule has 0 spiro atoms. The van der Waals surface area contributed by atoms with E-state index >= 15 is 0 Å². The Morgan fingerprint density at radius 1 is 1.25 bits per heavy atom. The van der Waals surface area contributed by atoms with Gasteiger partial charge in [-0.1, -0.05) is 19.1 Å². The molecule has 0 saturated carbocycles. The summed E-state index contributed by atoms with van der Waals surface area (Å²) in [6.45, 7) is 5.77. The highest BCUT2D eigenvalue weighted by atomic mass is 19.1. The lowest BCUT2D eigenvalue weighted by molar-refractivity contribution is -0.125. The van der Waals surface area contributed by atoms with Gasteiger partial charge in [0.05, 0.1) is 24.2 Å². The van der Waals surface area contributed by atoms with Crippen LogP contribution in [-0.2, 0) is 9.53 Å². The van der Waals surface area contributed by atoms with Crippen molar-refractivity contribution in [1.29, 1.82) is 5.26 Å². The standard InChI is InChI=1S/C16H18FNO2/c1-9-10(2)20-11(3)15(9)16(19)14(8-18)12-4-6-13(17)7-5-12/h4-7,9-11,14-15H,1-3H3. The van der Waals surface area contributed by atoms with Crippen molar-refractivity contribution in [2.24, 2.45) is 11.8 Å². The fourth-order valence-electron chi connectivity index (χ4n) is 2.91. The average Bonchev–Trinajstić information content (AvgIpc) is 2.66. The third-order valence-electron chi connectivity index (χ3n) is 4.19. The van der Waals surface area contributed by atoms with E-state index in [-0.39, 0.29) is 35.6 Å². The topological polar surface area (TPSA) is 50.1 Å². The van der Waals surface area contributed by atoms with Gasteiger partial charge in [-0.2, -0.15) is 5.26 Å². The van der Waals surface area contributed by atoms with Crippen LogP contribution in [0.5, 0.6) is 0 Å². The molecule has 0 amide bonds. The van der Waals surface area contributed by atoms with Crippen molar-refractivity contribution in [2.75, 3.05) is 0 Å². The highest BCUT2D eigenvalue weighted by Crippen LogP contribution is 2.36. The van der Waals surface area contributed by atoms with Gasteiger partial charge in [0.2, 0.25) is 0 Å². The highest BCUT2D eigenvalue weighted by molar-refractivity contribution is 5.91. The van der Waals surface area contributed by atoms with E-state index in [1.807, 2.05) is 26.8 Å². The minimum absolute atomic E-state index is 0.00603. The van der Waals surface area contributed by atoms with Crippen LogP contribution in [0, 0.1) is 29.0 Å². The molecule has 5 unspecified atom stereocenters. The largest absolute Gasteiger partial charge is 0.375 e. The van der Waals surface area contributed by atoms with Crippen molar-refractivity contribution in [3.8, 4) is 6.07 Å². The van der Waals surface area contributed by atoms with Gasteiger partial charge in [0.25, 0.3) is 0 Å². The lowest BCUT2D eigenvalue weighted by atomic mass is 9.79. The molecule has 0 aromatic heterocycles. The van der Waals surface area contributed by atoms with Crippen LogP contribution in [0.1, 0.15) is 32.3 Å². The van der Waals surface area contributed by atoms with Gasteiger partial charge < -0.3 is 4.74 Å². The first-order valence-electron chi connectivity index (χ1n) is 6.80. The number of ketones is 1. The maximum Gasteiger partial charge on any atom is 0.160 e. The Kier molecular flexibility index (Phi) is 4.20. The van der Waals surface area contributed by atoms with E-state index in [1.165, 1.54) is 24.3 Å². The second kappa shape index (κ2) is 5.72. The molecule has 1 aromatic rings. The van der Waals surface area contributed by atoms with Crippen LogP contribution in [0.2, 0.25) is 0 Å². The summed E-state index contributed by atoms with van der Waals surface area (Å²) < 4.78 is 18.6. The maximum absolute atomic E-state index is 12.9. The van der Waals surface area contributed by atoms with Crippen molar-refractivity contribution in [3.63, 3.8) is 0 Å². The minimum Gasteiger partial charge on any atom is -0.375 e. The Labute approximate surface area is 118 Å². The number of carbonyl (C=O) groups excluding carboxylic acids is 1. The average molecular weight is 275 g/mol. The molecule has 2 rings (SSSR count). The molecule has 3 nitrogen and oxygen atoms in total. The summed E-state index contributed by atoms with van der Waals surface area (Å²) in [5.74, 6) is -1.59. The molecule has 106 valence electrons. The zero-order valence-electron chi connectivity index (χ0n) is 11.8. The SMILES string of the molecule is CC1OC(C)C(C(=O)C(C#N)c2ccc(F)cc2)C1C. The molecule has 0 aliphatic carbocycles. The van der Waals surface area contributed by atoms with Crippen molar-refractivity contribution in [2.45, 2.75) is 38.9 Å². The molecule has 0 radical (unpaired) electrons. The summed E-state index contributed by atoms with van der Waals surface area (Å²) in [7, 11) is 0. The second-order valence-corrected chi connectivity index (χ2v) is 5.45. The predicted molar refractivity (Wildman–Crippen MR) is 72.4 cm³/mol. The van der Waals surface area contributed by atoms with Crippen LogP contribution in [0.25, 0.3) is 0 Å². The first kappa shape index (κ1) is 14.7. The highest BCUT2D eigenvalue weighted by Gasteiger charge is 2.44. The van der Waals surface area contributed by atoms with Crippen LogP contribution >= 0.6 is 0 Å². The van der Waals surface area contributed by atoms with E-state index in [0.29, 0.717) is 5.56 Å². The number of nitriles is 1. The van der Waals surface area contributed by atoms with Gasteiger partial charge in [-0.05, 0) is 37.5 Å². The Morgan fingerprint density at radius 3 is 2.30 bits per heavy atom. The van der Waals surface area contributed by atoms with Gasteiger partial charge >= 0.3 is 0 Å². The van der Waals surface area contributed by atoms with Gasteiger partial charge in [0, 0.05) is 0 Å². The van der Waals surface area contributed by atoms with E-state index in [9.17, 15) is 14.4 Å². The molecule has 4 heteroatoms. The van der Waals surface area contributed by atoms with Gasteiger partial charge in [0.15, 0.2) is 5.78 Å². The van der Waals surface area contributed by atoms with E-state index in [4.69, 9.17) is 4.74 Å². The van der Waals surface area contributed by atoms with Crippen molar-refractivity contribution in [1.82, 2.24) is 0 Å². The van der Waals surface area contributed by atoms with Crippen LogP contribution in [0.3, 0.4) is 0 Å². The predicted octanol–water partition coefficient (Wildman–Crippen LogP) is 3.06. The molecule has 1 aliphatic heterocycles. The van der Waals surface area contributed by atoms with Gasteiger partial charge in [-0.15, -0.1) is 0 Å². The molecule has 20 heavy (non-hydrogen) atoms. The van der Waals surface area contributed by atoms with Gasteiger partial charge in [0.1, 0.15) is 11.7 Å². The molecular formula is C16H18FNO2. The lowest BCUT2D eigenvalue weighted by Gasteiger charge is -2.20. The second-order valence-electron chi connectivity index (χ2n) is 5.45. The Bertz CT molecular complexity index is 534. The Morgan fingerprint density at radius 2 is 1.85 bits per heavy atom. The summed E-state index contributed by atoms with van der Waals surface area (Å²) in [6, 6.07) is 7.58. The number of hydrogen-bond acceptors (Lipinski definition) is 3. The quantitative estimate of drug-likeness (QED) is 0.851. The maximum atomic E-state index is 12.9. The molecule has 1 aromatic carbocycles. The van der Waals surface area contributed by atoms with Crippen molar-refractivity contribution >= 4 is 5.78 Å². The van der Waals surface area contributed by atoms with Gasteiger partial charge in [-0.3, -0.25) is 4.79 Å². The van der Waals surface area contributed by atoms with E-state index in [0.717, 1.165) is 0 Å². The van der Waals surface area contributed by atoms with Crippen molar-refractivity contribution in [3.05, 3.63) is 35.6 Å². The number of carbonyl (C=O) groups is 1. The molecule has 5 atom stereocenters. The van der Waals surface area contributed by atoms with E-state index in [2.05, 4.69) is 0 Å². The zero-order chi connectivity index (χ0) is 14.9. The summed E-state index contributed by atoms with van der Waals surface area (Å²) in [5.41, 5.74) is 0.540. The molecule has 1 fully saturated rings. The normalized spacial score (nSPS) is 30.8. The summed E-state index contributed by atoms with van der Waals surface area (Å²) in [4.78, 5) is 12.6. The first-order chi connectivity index (χ1) is 9.45. The smallest absolute Gasteiger partial charge is 0.160 e. The van der Waals surface area contributed by atoms with E-state index in [1.54, 1.807) is 0 Å². The molecule has 0 bridgehead atoms. The number of benzene rings is 1. The third kappa shape index (κ3) is 2.59. The minimum atomic E-state index is -0.862. The van der Waals surface area contributed by atoms with Crippen LogP contribution in [-0.4, -0.2) is 18.0 Å². The first-order valence-corrected chi connectivity index (χ1v) is 6.80. The van der Waals surface area contributed by atoms with Crippen LogP contribution in [0.4, 0.5) is 4.39 Å². The molecule has 1 aliphatic rings. The third-order valence-corrected chi connectivity index (χ3v) is 4.19. The fourth-order valence-corrected chi connectivity index (χ4v) is 2.91. The molecule has 1 heterocycles. The number of Topliss-reactive ketones (excluding diaryl/α,β-unsaturated/α-hetero) is 1. The number of rotatable bonds is 3. The molecule has 1 saturated heterocycles.